The van der Waals surface area contributed by atoms with E-state index in [1.807, 2.05) is 30.0 Å². The Bertz CT molecular complexity index is 1160. The summed E-state index contributed by atoms with van der Waals surface area (Å²) in [7, 11) is 3.77. The van der Waals surface area contributed by atoms with Gasteiger partial charge >= 0.3 is 0 Å². The summed E-state index contributed by atoms with van der Waals surface area (Å²) in [5.74, 6) is 0.205. The molecule has 8 heteroatoms. The molecule has 0 radical (unpaired) electrons. The number of carbonyl (C=O) groups excluding carboxylic acids is 1. The molecule has 1 atom stereocenters. The largest absolute Gasteiger partial charge is 0.347 e. The number of anilines is 1. The van der Waals surface area contributed by atoms with Crippen molar-refractivity contribution < 1.29 is 9.18 Å². The molecule has 5 rings (SSSR count). The quantitative estimate of drug-likeness (QED) is 0.673. The van der Waals surface area contributed by atoms with Crippen LogP contribution in [0.2, 0.25) is 0 Å². The fourth-order valence-corrected chi connectivity index (χ4v) is 4.82. The highest BCUT2D eigenvalue weighted by atomic mass is 19.1. The predicted octanol–water partition coefficient (Wildman–Crippen LogP) is 3.93. The Morgan fingerprint density at radius 2 is 2.09 bits per heavy atom. The standard InChI is InChI=1S/C24H27FN6O/c1-30(2)24-26-14-18(15-7-5-8-16(25)13-15)21(27-24)20-11-3-4-12-31(20)23(32)22-17-9-6-10-19(17)28-29-22/h5,7-8,13-14,20H,3-4,6,9-12H2,1-2H3,(H,28,29). The van der Waals surface area contributed by atoms with Crippen LogP contribution in [0.25, 0.3) is 11.1 Å². The number of hydrogen-bond acceptors (Lipinski definition) is 5. The zero-order chi connectivity index (χ0) is 22.2. The van der Waals surface area contributed by atoms with Gasteiger partial charge in [-0.2, -0.15) is 5.10 Å². The number of aryl methyl sites for hydroxylation is 1. The molecule has 1 unspecified atom stereocenters. The molecular formula is C24H27FN6O. The van der Waals surface area contributed by atoms with Crippen LogP contribution in [-0.4, -0.2) is 51.6 Å². The van der Waals surface area contributed by atoms with E-state index >= 15 is 0 Å². The topological polar surface area (TPSA) is 78.0 Å². The molecule has 32 heavy (non-hydrogen) atoms. The van der Waals surface area contributed by atoms with Crippen LogP contribution in [0.1, 0.15) is 59.2 Å². The minimum absolute atomic E-state index is 0.0516. The van der Waals surface area contributed by atoms with Gasteiger partial charge in [-0.3, -0.25) is 9.89 Å². The zero-order valence-corrected chi connectivity index (χ0v) is 18.4. The molecule has 166 valence electrons. The Labute approximate surface area is 186 Å². The summed E-state index contributed by atoms with van der Waals surface area (Å²) in [4.78, 5) is 26.7. The van der Waals surface area contributed by atoms with Crippen LogP contribution in [0.4, 0.5) is 10.3 Å². The number of fused-ring (bicyclic) bond motifs is 1. The van der Waals surface area contributed by atoms with Crippen molar-refractivity contribution in [1.29, 1.82) is 0 Å². The number of H-pyrrole nitrogens is 1. The smallest absolute Gasteiger partial charge is 0.275 e. The maximum Gasteiger partial charge on any atom is 0.275 e. The third kappa shape index (κ3) is 3.63. The lowest BCUT2D eigenvalue weighted by molar-refractivity contribution is 0.0599. The van der Waals surface area contributed by atoms with Gasteiger partial charge in [0.15, 0.2) is 5.69 Å². The highest BCUT2D eigenvalue weighted by molar-refractivity contribution is 5.94. The predicted molar refractivity (Wildman–Crippen MR) is 120 cm³/mol. The Hall–Kier alpha value is -3.29. The van der Waals surface area contributed by atoms with Crippen molar-refractivity contribution in [2.24, 2.45) is 0 Å². The van der Waals surface area contributed by atoms with E-state index in [-0.39, 0.29) is 17.8 Å². The van der Waals surface area contributed by atoms with Crippen molar-refractivity contribution in [1.82, 2.24) is 25.1 Å². The van der Waals surface area contributed by atoms with Gasteiger partial charge in [-0.1, -0.05) is 12.1 Å². The monoisotopic (exact) mass is 434 g/mol. The summed E-state index contributed by atoms with van der Waals surface area (Å²) in [5.41, 5.74) is 4.91. The molecule has 3 heterocycles. The number of piperidine rings is 1. The van der Waals surface area contributed by atoms with Gasteiger partial charge in [-0.25, -0.2) is 14.4 Å². The molecule has 0 saturated carbocycles. The number of aromatic amines is 1. The maximum absolute atomic E-state index is 14.0. The summed E-state index contributed by atoms with van der Waals surface area (Å²) in [6.45, 7) is 0.648. The average Bonchev–Trinajstić information content (AvgIpc) is 3.42. The zero-order valence-electron chi connectivity index (χ0n) is 18.4. The molecule has 1 amide bonds. The molecule has 1 N–H and O–H groups in total. The van der Waals surface area contributed by atoms with Gasteiger partial charge in [0.05, 0.1) is 11.7 Å². The highest BCUT2D eigenvalue weighted by Gasteiger charge is 2.35. The molecule has 0 spiro atoms. The van der Waals surface area contributed by atoms with Crippen LogP contribution in [0.15, 0.2) is 30.5 Å². The molecular weight excluding hydrogens is 407 g/mol. The minimum atomic E-state index is -0.311. The lowest BCUT2D eigenvalue weighted by Gasteiger charge is -2.36. The van der Waals surface area contributed by atoms with E-state index in [1.165, 1.54) is 12.1 Å². The molecule has 1 aliphatic carbocycles. The highest BCUT2D eigenvalue weighted by Crippen LogP contribution is 2.38. The van der Waals surface area contributed by atoms with E-state index in [9.17, 15) is 9.18 Å². The van der Waals surface area contributed by atoms with Crippen molar-refractivity contribution in [3.05, 3.63) is 58.9 Å². The van der Waals surface area contributed by atoms with Gasteiger partial charge in [0.25, 0.3) is 5.91 Å². The van der Waals surface area contributed by atoms with Crippen molar-refractivity contribution in [2.45, 2.75) is 44.6 Å². The Balaban J connectivity index is 1.59. The third-order valence-electron chi connectivity index (χ3n) is 6.43. The maximum atomic E-state index is 14.0. The van der Waals surface area contributed by atoms with Crippen LogP contribution in [0.5, 0.6) is 0 Å². The molecule has 1 aliphatic heterocycles. The number of carbonyl (C=O) groups is 1. The number of aromatic nitrogens is 4. The lowest BCUT2D eigenvalue weighted by Crippen LogP contribution is -2.40. The summed E-state index contributed by atoms with van der Waals surface area (Å²) in [6, 6.07) is 6.24. The number of nitrogens with zero attached hydrogens (tertiary/aromatic N) is 5. The van der Waals surface area contributed by atoms with Crippen LogP contribution in [0, 0.1) is 5.82 Å². The molecule has 2 aliphatic rings. The van der Waals surface area contributed by atoms with E-state index in [0.29, 0.717) is 23.8 Å². The first-order chi connectivity index (χ1) is 15.5. The number of amides is 1. The minimum Gasteiger partial charge on any atom is -0.347 e. The summed E-state index contributed by atoms with van der Waals surface area (Å²) in [5, 5.41) is 7.43. The molecule has 1 saturated heterocycles. The average molecular weight is 435 g/mol. The second kappa shape index (κ2) is 8.33. The first-order valence-electron chi connectivity index (χ1n) is 11.2. The van der Waals surface area contributed by atoms with Crippen LogP contribution < -0.4 is 4.90 Å². The van der Waals surface area contributed by atoms with Crippen LogP contribution >= 0.6 is 0 Å². The third-order valence-corrected chi connectivity index (χ3v) is 6.43. The van der Waals surface area contributed by atoms with Gasteiger partial charge in [0, 0.05) is 43.7 Å². The normalized spacial score (nSPS) is 18.0. The van der Waals surface area contributed by atoms with Crippen molar-refractivity contribution in [2.75, 3.05) is 25.5 Å². The summed E-state index contributed by atoms with van der Waals surface area (Å²) < 4.78 is 14.0. The summed E-state index contributed by atoms with van der Waals surface area (Å²) in [6.07, 6.45) is 7.36. The number of nitrogens with one attached hydrogen (secondary N) is 1. The first-order valence-corrected chi connectivity index (χ1v) is 11.2. The Kier molecular flexibility index (Phi) is 5.36. The number of rotatable bonds is 4. The van der Waals surface area contributed by atoms with E-state index in [1.54, 1.807) is 12.3 Å². The molecule has 1 aromatic carbocycles. The number of benzene rings is 1. The van der Waals surface area contributed by atoms with Gasteiger partial charge < -0.3 is 9.80 Å². The number of likely N-dealkylation sites (tertiary alicyclic amines) is 1. The van der Waals surface area contributed by atoms with Gasteiger partial charge in [-0.05, 0) is 56.2 Å². The Morgan fingerprint density at radius 3 is 2.91 bits per heavy atom. The lowest BCUT2D eigenvalue weighted by atomic mass is 9.93. The SMILES string of the molecule is CN(C)c1ncc(-c2cccc(F)c2)c(C2CCCCN2C(=O)c2n[nH]c3c2CCC3)n1. The van der Waals surface area contributed by atoms with Crippen LogP contribution in [0.3, 0.4) is 0 Å². The molecule has 7 nitrogen and oxygen atoms in total. The fourth-order valence-electron chi connectivity index (χ4n) is 4.82. The van der Waals surface area contributed by atoms with E-state index in [4.69, 9.17) is 4.98 Å². The fraction of sp³-hybridized carbons (Fsp3) is 0.417. The molecule has 0 bridgehead atoms. The van der Waals surface area contributed by atoms with Crippen LogP contribution in [-0.2, 0) is 12.8 Å². The van der Waals surface area contributed by atoms with E-state index in [2.05, 4.69) is 15.2 Å². The van der Waals surface area contributed by atoms with E-state index < -0.39 is 0 Å². The number of hydrogen-bond donors (Lipinski definition) is 1. The first kappa shape index (κ1) is 20.6. The molecule has 1 fully saturated rings. The Morgan fingerprint density at radius 1 is 1.22 bits per heavy atom. The number of halogens is 1. The summed E-state index contributed by atoms with van der Waals surface area (Å²) >= 11 is 0. The van der Waals surface area contributed by atoms with Crippen molar-refractivity contribution in [3.63, 3.8) is 0 Å². The second-order valence-electron chi connectivity index (χ2n) is 8.77. The van der Waals surface area contributed by atoms with Crippen molar-refractivity contribution in [3.8, 4) is 11.1 Å². The van der Waals surface area contributed by atoms with Gasteiger partial charge in [0.2, 0.25) is 5.95 Å². The second-order valence-corrected chi connectivity index (χ2v) is 8.77. The van der Waals surface area contributed by atoms with Gasteiger partial charge in [0.1, 0.15) is 5.82 Å². The molecule has 3 aromatic rings. The van der Waals surface area contributed by atoms with Gasteiger partial charge in [-0.15, -0.1) is 0 Å². The van der Waals surface area contributed by atoms with E-state index in [0.717, 1.165) is 61.0 Å². The molecule has 2 aromatic heterocycles. The van der Waals surface area contributed by atoms with Crippen molar-refractivity contribution >= 4 is 11.9 Å².